The molecule has 0 rings (SSSR count). The first-order chi connectivity index (χ1) is 2.56. The van der Waals surface area contributed by atoms with Gasteiger partial charge in [-0.1, -0.05) is 0 Å². The number of hydrogen-bond acceptors (Lipinski definition) is 2. The molecule has 1 N–H and O–H groups in total. The summed E-state index contributed by atoms with van der Waals surface area (Å²) in [6.07, 6.45) is -4.90. The molecule has 2 nitrogen and oxygen atoms in total. The summed E-state index contributed by atoms with van der Waals surface area (Å²) in [5.74, 6) is 0. The van der Waals surface area contributed by atoms with E-state index in [4.69, 9.17) is 5.26 Å². The summed E-state index contributed by atoms with van der Waals surface area (Å²) in [4.78, 5) is 1.94. The standard InChI is InChI=1S/CHF3O2/c2-1(3,4)6-5/h5H. The molecule has 0 aliphatic heterocycles. The Kier molecular flexibility index (Phi) is 1.37. The molecule has 0 aromatic rings. The van der Waals surface area contributed by atoms with Gasteiger partial charge in [0.15, 0.2) is 0 Å². The molecule has 0 amide bonds. The van der Waals surface area contributed by atoms with Crippen molar-refractivity contribution in [2.75, 3.05) is 0 Å². The SMILES string of the molecule is OOC(F)(F)F. The molecule has 0 saturated heterocycles. The largest absolute Gasteiger partial charge is 0.549 e. The van der Waals surface area contributed by atoms with Crippen molar-refractivity contribution in [2.24, 2.45) is 0 Å². The van der Waals surface area contributed by atoms with Crippen molar-refractivity contribution < 1.29 is 23.3 Å². The van der Waals surface area contributed by atoms with E-state index in [1.165, 1.54) is 0 Å². The molecule has 0 heterocycles. The highest BCUT2D eigenvalue weighted by atomic mass is 19.4. The van der Waals surface area contributed by atoms with E-state index in [0.717, 1.165) is 0 Å². The molecule has 0 saturated carbocycles. The summed E-state index contributed by atoms with van der Waals surface area (Å²) in [5, 5.41) is 6.78. The summed E-state index contributed by atoms with van der Waals surface area (Å²) in [6, 6.07) is 0. The normalized spacial score (nSPS) is 12.0. The van der Waals surface area contributed by atoms with Gasteiger partial charge < -0.3 is 0 Å². The molecule has 5 heteroatoms. The number of alkyl halides is 3. The molecule has 38 valence electrons. The average molecular weight is 102 g/mol. The quantitative estimate of drug-likeness (QED) is 0.365. The van der Waals surface area contributed by atoms with Gasteiger partial charge in [0.1, 0.15) is 0 Å². The monoisotopic (exact) mass is 102 g/mol. The summed E-state index contributed by atoms with van der Waals surface area (Å²) in [6.45, 7) is 0. The van der Waals surface area contributed by atoms with Crippen molar-refractivity contribution in [3.8, 4) is 0 Å². The third-order valence-electron chi connectivity index (χ3n) is 0.104. The third kappa shape index (κ3) is 3.71. The molecule has 0 aromatic carbocycles. The van der Waals surface area contributed by atoms with Crippen LogP contribution in [0.4, 0.5) is 13.2 Å². The summed E-state index contributed by atoms with van der Waals surface area (Å²) >= 11 is 0. The van der Waals surface area contributed by atoms with E-state index in [1.54, 1.807) is 0 Å². The number of halogens is 3. The summed E-state index contributed by atoms with van der Waals surface area (Å²) < 4.78 is 30.9. The van der Waals surface area contributed by atoms with Gasteiger partial charge in [-0.15, -0.1) is 18.1 Å². The topological polar surface area (TPSA) is 29.5 Å². The van der Waals surface area contributed by atoms with Gasteiger partial charge in [0.05, 0.1) is 0 Å². The van der Waals surface area contributed by atoms with Gasteiger partial charge in [0.25, 0.3) is 0 Å². The Morgan fingerprint density at radius 2 is 1.50 bits per heavy atom. The Balaban J connectivity index is 3.17. The zero-order valence-electron chi connectivity index (χ0n) is 2.49. The highest BCUT2D eigenvalue weighted by Crippen LogP contribution is 2.12. The van der Waals surface area contributed by atoms with Crippen molar-refractivity contribution in [2.45, 2.75) is 6.36 Å². The van der Waals surface area contributed by atoms with Crippen LogP contribution in [0.5, 0.6) is 0 Å². The van der Waals surface area contributed by atoms with Crippen LogP contribution in [0.25, 0.3) is 0 Å². The first-order valence-electron chi connectivity index (χ1n) is 0.954. The molecule has 0 spiro atoms. The minimum atomic E-state index is -4.90. The van der Waals surface area contributed by atoms with Crippen LogP contribution < -0.4 is 0 Å². The fourth-order valence-electron chi connectivity index (χ4n) is 0. The van der Waals surface area contributed by atoms with Gasteiger partial charge >= 0.3 is 6.36 Å². The molecule has 0 aliphatic carbocycles. The van der Waals surface area contributed by atoms with Gasteiger partial charge in [-0.05, 0) is 0 Å². The Bertz CT molecular complexity index is 38.5. The maximum Gasteiger partial charge on any atom is 0.549 e. The minimum absolute atomic E-state index is 1.94. The molecule has 0 unspecified atom stereocenters. The van der Waals surface area contributed by atoms with Crippen molar-refractivity contribution in [1.29, 1.82) is 0 Å². The molecule has 6 heavy (non-hydrogen) atoms. The lowest BCUT2D eigenvalue weighted by Crippen LogP contribution is -2.09. The Morgan fingerprint density at radius 1 is 1.33 bits per heavy atom. The van der Waals surface area contributed by atoms with Crippen molar-refractivity contribution in [3.05, 3.63) is 0 Å². The Morgan fingerprint density at radius 3 is 1.50 bits per heavy atom. The van der Waals surface area contributed by atoms with E-state index in [0.29, 0.717) is 0 Å². The van der Waals surface area contributed by atoms with Crippen LogP contribution in [0, 0.1) is 0 Å². The van der Waals surface area contributed by atoms with Crippen LogP contribution in [-0.4, -0.2) is 11.6 Å². The van der Waals surface area contributed by atoms with Gasteiger partial charge in [-0.2, -0.15) is 0 Å². The van der Waals surface area contributed by atoms with Crippen LogP contribution >= 0.6 is 0 Å². The predicted molar refractivity (Wildman–Crippen MR) is 9.77 cm³/mol. The van der Waals surface area contributed by atoms with Crippen LogP contribution in [0.15, 0.2) is 0 Å². The minimum Gasteiger partial charge on any atom is -0.244 e. The third-order valence-corrected chi connectivity index (χ3v) is 0.104. The van der Waals surface area contributed by atoms with E-state index in [9.17, 15) is 13.2 Å². The number of hydrogen-bond donors (Lipinski definition) is 1. The van der Waals surface area contributed by atoms with Crippen LogP contribution in [-0.2, 0) is 4.89 Å². The van der Waals surface area contributed by atoms with E-state index in [1.807, 2.05) is 4.89 Å². The maximum absolute atomic E-state index is 10.3. The van der Waals surface area contributed by atoms with Crippen LogP contribution in [0.1, 0.15) is 0 Å². The zero-order valence-corrected chi connectivity index (χ0v) is 2.49. The maximum atomic E-state index is 10.3. The smallest absolute Gasteiger partial charge is 0.244 e. The molecule has 0 fully saturated rings. The second-order valence-electron chi connectivity index (χ2n) is 0.537. The van der Waals surface area contributed by atoms with Crippen LogP contribution in [0.2, 0.25) is 0 Å². The average Bonchev–Trinajstić information content (AvgIpc) is 1.35. The van der Waals surface area contributed by atoms with Gasteiger partial charge in [0, 0.05) is 0 Å². The summed E-state index contributed by atoms with van der Waals surface area (Å²) in [5.41, 5.74) is 0. The van der Waals surface area contributed by atoms with E-state index >= 15 is 0 Å². The number of rotatable bonds is 0. The Labute approximate surface area is 31.1 Å². The highest BCUT2D eigenvalue weighted by molar-refractivity contribution is 4.10. The molecule has 0 atom stereocenters. The predicted octanol–water partition coefficient (Wildman–Crippen LogP) is 0.996. The molecule has 0 bridgehead atoms. The fourth-order valence-corrected chi connectivity index (χ4v) is 0. The van der Waals surface area contributed by atoms with Gasteiger partial charge in [0.2, 0.25) is 0 Å². The second-order valence-corrected chi connectivity index (χ2v) is 0.537. The molecule has 0 aliphatic rings. The lowest BCUT2D eigenvalue weighted by molar-refractivity contribution is -0.464. The van der Waals surface area contributed by atoms with E-state index < -0.39 is 6.36 Å². The van der Waals surface area contributed by atoms with Gasteiger partial charge in [-0.25, -0.2) is 5.26 Å². The van der Waals surface area contributed by atoms with E-state index in [-0.39, 0.29) is 0 Å². The molecular weight excluding hydrogens is 101 g/mol. The van der Waals surface area contributed by atoms with Gasteiger partial charge in [-0.3, -0.25) is 0 Å². The lowest BCUT2D eigenvalue weighted by atomic mass is 11.4. The zero-order chi connectivity index (χ0) is 5.21. The van der Waals surface area contributed by atoms with Crippen LogP contribution in [0.3, 0.4) is 0 Å². The first-order valence-corrected chi connectivity index (χ1v) is 0.954. The lowest BCUT2D eigenvalue weighted by Gasteiger charge is -1.94. The van der Waals surface area contributed by atoms with E-state index in [2.05, 4.69) is 0 Å². The van der Waals surface area contributed by atoms with Crippen molar-refractivity contribution in [1.82, 2.24) is 0 Å². The second kappa shape index (κ2) is 1.44. The highest BCUT2D eigenvalue weighted by Gasteiger charge is 2.28. The van der Waals surface area contributed by atoms with Crippen molar-refractivity contribution in [3.63, 3.8) is 0 Å². The molecule has 0 radical (unpaired) electrons. The Hall–Kier alpha value is -0.290. The fraction of sp³-hybridized carbons (Fsp3) is 1.00. The summed E-state index contributed by atoms with van der Waals surface area (Å²) in [7, 11) is 0. The molecule has 0 aromatic heterocycles. The first kappa shape index (κ1) is 5.71. The molecular formula is CHF3O2. The van der Waals surface area contributed by atoms with Crippen molar-refractivity contribution >= 4 is 0 Å².